The van der Waals surface area contributed by atoms with Crippen LogP contribution in [0.15, 0.2) is 12.1 Å². The average molecular weight is 453 g/mol. The highest BCUT2D eigenvalue weighted by Gasteiger charge is 2.23. The van der Waals surface area contributed by atoms with Gasteiger partial charge < -0.3 is 14.7 Å². The molecule has 3 heterocycles. The summed E-state index contributed by atoms with van der Waals surface area (Å²) in [6.07, 6.45) is 12.3. The predicted molar refractivity (Wildman–Crippen MR) is 117 cm³/mol. The minimum atomic E-state index is 1.24. The zero-order valence-corrected chi connectivity index (χ0v) is 17.6. The topological polar surface area (TPSA) is 9.72 Å². The molecule has 0 aromatic heterocycles. The number of rotatable bonds is 3. The Labute approximate surface area is 166 Å². The van der Waals surface area contributed by atoms with Crippen LogP contribution < -0.4 is 14.7 Å². The normalized spacial score (nSPS) is 22.4. The van der Waals surface area contributed by atoms with E-state index in [1.54, 1.807) is 0 Å². The number of benzene rings is 1. The summed E-state index contributed by atoms with van der Waals surface area (Å²) in [7, 11) is 0. The van der Waals surface area contributed by atoms with E-state index >= 15 is 0 Å². The molecule has 1 aromatic carbocycles. The molecule has 3 aliphatic heterocycles. The molecule has 0 amide bonds. The summed E-state index contributed by atoms with van der Waals surface area (Å²) >= 11 is 2.63. The standard InChI is InChI=1S/C21H32IN3/c22-21-19(24-12-6-2-7-13-24)16-18(23-10-4-1-5-11-23)17-20(21)25-14-8-3-9-15-25/h16-17H,1-15H2. The third-order valence-corrected chi connectivity index (χ3v) is 7.24. The molecular weight excluding hydrogens is 421 g/mol. The molecule has 138 valence electrons. The lowest BCUT2D eigenvalue weighted by atomic mass is 10.1. The molecule has 0 bridgehead atoms. The third kappa shape index (κ3) is 4.04. The molecule has 0 atom stereocenters. The summed E-state index contributed by atoms with van der Waals surface area (Å²) < 4.78 is 1.49. The van der Waals surface area contributed by atoms with Crippen LogP contribution in [0.5, 0.6) is 0 Å². The van der Waals surface area contributed by atoms with Crippen LogP contribution in [-0.2, 0) is 0 Å². The number of piperidine rings is 3. The maximum atomic E-state index is 2.66. The van der Waals surface area contributed by atoms with Crippen molar-refractivity contribution < 1.29 is 0 Å². The Bertz CT molecular complexity index is 531. The molecule has 0 radical (unpaired) electrons. The van der Waals surface area contributed by atoms with Gasteiger partial charge in [-0.3, -0.25) is 0 Å². The smallest absolute Gasteiger partial charge is 0.0599 e. The molecular formula is C21H32IN3. The molecule has 4 heteroatoms. The molecule has 25 heavy (non-hydrogen) atoms. The first-order valence-corrected chi connectivity index (χ1v) is 11.5. The van der Waals surface area contributed by atoms with Crippen molar-refractivity contribution in [2.75, 3.05) is 54.0 Å². The number of hydrogen-bond acceptors (Lipinski definition) is 3. The fraction of sp³-hybridized carbons (Fsp3) is 0.714. The van der Waals surface area contributed by atoms with Gasteiger partial charge in [0.1, 0.15) is 0 Å². The molecule has 3 saturated heterocycles. The van der Waals surface area contributed by atoms with E-state index < -0.39 is 0 Å². The first-order valence-electron chi connectivity index (χ1n) is 10.4. The molecule has 0 saturated carbocycles. The summed E-state index contributed by atoms with van der Waals surface area (Å²) in [6.45, 7) is 7.41. The maximum absolute atomic E-state index is 2.66. The molecule has 0 spiro atoms. The van der Waals surface area contributed by atoms with E-state index in [1.807, 2.05) is 0 Å². The first kappa shape index (κ1) is 17.7. The zero-order chi connectivity index (χ0) is 17.1. The Morgan fingerprint density at radius 1 is 0.520 bits per heavy atom. The Hall–Kier alpha value is -0.650. The second-order valence-corrected chi connectivity index (χ2v) is 9.02. The fourth-order valence-corrected chi connectivity index (χ4v) is 5.64. The van der Waals surface area contributed by atoms with Gasteiger partial charge in [0.2, 0.25) is 0 Å². The van der Waals surface area contributed by atoms with Crippen molar-refractivity contribution in [3.05, 3.63) is 15.7 Å². The van der Waals surface area contributed by atoms with Gasteiger partial charge in [0.05, 0.1) is 14.9 Å². The lowest BCUT2D eigenvalue weighted by Gasteiger charge is -2.37. The highest BCUT2D eigenvalue weighted by atomic mass is 127. The summed E-state index contributed by atoms with van der Waals surface area (Å²) in [5, 5.41) is 0. The van der Waals surface area contributed by atoms with Gasteiger partial charge in [0.15, 0.2) is 0 Å². The largest absolute Gasteiger partial charge is 0.371 e. The van der Waals surface area contributed by atoms with Crippen LogP contribution in [0.4, 0.5) is 17.1 Å². The lowest BCUT2D eigenvalue weighted by Crippen LogP contribution is -2.34. The van der Waals surface area contributed by atoms with Crippen molar-refractivity contribution in [2.24, 2.45) is 0 Å². The second kappa shape index (κ2) is 8.36. The number of halogens is 1. The molecule has 3 fully saturated rings. The van der Waals surface area contributed by atoms with Gasteiger partial charge in [-0.15, -0.1) is 0 Å². The summed E-state index contributed by atoms with van der Waals surface area (Å²) in [4.78, 5) is 7.96. The minimum Gasteiger partial charge on any atom is -0.371 e. The molecule has 0 aliphatic carbocycles. The third-order valence-electron chi connectivity index (χ3n) is 6.13. The van der Waals surface area contributed by atoms with Crippen LogP contribution in [-0.4, -0.2) is 39.3 Å². The number of nitrogens with zero attached hydrogens (tertiary/aromatic N) is 3. The Morgan fingerprint density at radius 3 is 1.28 bits per heavy atom. The van der Waals surface area contributed by atoms with Crippen molar-refractivity contribution in [3.8, 4) is 0 Å². The summed E-state index contributed by atoms with van der Waals surface area (Å²) in [6, 6.07) is 5.01. The molecule has 0 N–H and O–H groups in total. The average Bonchev–Trinajstić information content (AvgIpc) is 2.70. The second-order valence-electron chi connectivity index (χ2n) is 7.94. The number of hydrogen-bond donors (Lipinski definition) is 0. The predicted octanol–water partition coefficient (Wildman–Crippen LogP) is 5.26. The van der Waals surface area contributed by atoms with Gasteiger partial charge >= 0.3 is 0 Å². The monoisotopic (exact) mass is 453 g/mol. The van der Waals surface area contributed by atoms with Crippen molar-refractivity contribution in [2.45, 2.75) is 57.8 Å². The summed E-state index contributed by atoms with van der Waals surface area (Å²) in [5.41, 5.74) is 4.48. The number of anilines is 3. The van der Waals surface area contributed by atoms with Crippen LogP contribution in [0.3, 0.4) is 0 Å². The van der Waals surface area contributed by atoms with Gasteiger partial charge in [-0.1, -0.05) is 0 Å². The highest BCUT2D eigenvalue weighted by molar-refractivity contribution is 14.1. The van der Waals surface area contributed by atoms with Crippen LogP contribution >= 0.6 is 22.6 Å². The van der Waals surface area contributed by atoms with Crippen molar-refractivity contribution in [1.82, 2.24) is 0 Å². The van der Waals surface area contributed by atoms with Crippen LogP contribution in [0.1, 0.15) is 57.8 Å². The Morgan fingerprint density at radius 2 is 0.880 bits per heavy atom. The molecule has 0 unspecified atom stereocenters. The summed E-state index contributed by atoms with van der Waals surface area (Å²) in [5.74, 6) is 0. The van der Waals surface area contributed by atoms with E-state index in [0.29, 0.717) is 0 Å². The molecule has 3 aliphatic rings. The van der Waals surface area contributed by atoms with E-state index in [-0.39, 0.29) is 0 Å². The van der Waals surface area contributed by atoms with Crippen LogP contribution in [0, 0.1) is 3.57 Å². The fourth-order valence-electron chi connectivity index (χ4n) is 4.64. The Balaban J connectivity index is 1.70. The molecule has 1 aromatic rings. The van der Waals surface area contributed by atoms with Gasteiger partial charge in [-0.2, -0.15) is 0 Å². The van der Waals surface area contributed by atoms with E-state index in [9.17, 15) is 0 Å². The highest BCUT2D eigenvalue weighted by Crippen LogP contribution is 2.39. The van der Waals surface area contributed by atoms with Crippen LogP contribution in [0.2, 0.25) is 0 Å². The van der Waals surface area contributed by atoms with E-state index in [4.69, 9.17) is 0 Å². The minimum absolute atomic E-state index is 1.24. The lowest BCUT2D eigenvalue weighted by molar-refractivity contribution is 0.568. The molecule has 3 nitrogen and oxygen atoms in total. The molecule has 4 rings (SSSR count). The van der Waals surface area contributed by atoms with Gasteiger partial charge in [-0.25, -0.2) is 0 Å². The first-order chi connectivity index (χ1) is 12.3. The van der Waals surface area contributed by atoms with Gasteiger partial charge in [-0.05, 0) is 92.5 Å². The Kier molecular flexibility index (Phi) is 5.94. The quantitative estimate of drug-likeness (QED) is 0.578. The SMILES string of the molecule is Ic1c(N2CCCCC2)cc(N2CCCCC2)cc1N1CCCCC1. The van der Waals surface area contributed by atoms with Crippen molar-refractivity contribution in [3.63, 3.8) is 0 Å². The van der Waals surface area contributed by atoms with Gasteiger partial charge in [0, 0.05) is 45.0 Å². The van der Waals surface area contributed by atoms with Gasteiger partial charge in [0.25, 0.3) is 0 Å². The van der Waals surface area contributed by atoms with E-state index in [0.717, 1.165) is 0 Å². The zero-order valence-electron chi connectivity index (χ0n) is 15.5. The van der Waals surface area contributed by atoms with Crippen molar-refractivity contribution in [1.29, 1.82) is 0 Å². The van der Waals surface area contributed by atoms with E-state index in [2.05, 4.69) is 49.4 Å². The maximum Gasteiger partial charge on any atom is 0.0599 e. The van der Waals surface area contributed by atoms with Crippen LogP contribution in [0.25, 0.3) is 0 Å². The van der Waals surface area contributed by atoms with Crippen molar-refractivity contribution >= 4 is 39.7 Å². The van der Waals surface area contributed by atoms with E-state index in [1.165, 1.54) is 118 Å².